The van der Waals surface area contributed by atoms with E-state index >= 15 is 0 Å². The molecule has 2 heterocycles. The monoisotopic (exact) mass is 461 g/mol. The van der Waals surface area contributed by atoms with Crippen molar-refractivity contribution < 1.29 is 22.6 Å². The molecule has 0 aromatic heterocycles. The fraction of sp³-hybridized carbons (Fsp3) is 0.600. The van der Waals surface area contributed by atoms with Crippen molar-refractivity contribution in [2.24, 2.45) is 11.8 Å². The molecule has 3 aliphatic rings. The zero-order valence-corrected chi connectivity index (χ0v) is 20.1. The maximum atomic E-state index is 13.1. The Balaban J connectivity index is 1.33. The van der Waals surface area contributed by atoms with Crippen LogP contribution in [0.4, 0.5) is 0 Å². The van der Waals surface area contributed by atoms with Crippen molar-refractivity contribution in [3.05, 3.63) is 42.2 Å². The predicted octanol–water partition coefficient (Wildman–Crippen LogP) is 4.22. The van der Waals surface area contributed by atoms with E-state index in [4.69, 9.17) is 14.2 Å². The number of para-hydroxylation sites is 1. The van der Waals surface area contributed by atoms with Gasteiger partial charge in [0.1, 0.15) is 22.0 Å². The van der Waals surface area contributed by atoms with Gasteiger partial charge in [-0.2, -0.15) is 0 Å². The van der Waals surface area contributed by atoms with Crippen LogP contribution in [0.5, 0.6) is 11.5 Å². The topological polar surface area (TPSA) is 65.1 Å². The number of ether oxygens (including phenoxy) is 3. The van der Waals surface area contributed by atoms with Gasteiger partial charge in [-0.25, -0.2) is 8.42 Å². The van der Waals surface area contributed by atoms with Crippen molar-refractivity contribution in [3.63, 3.8) is 0 Å². The van der Waals surface area contributed by atoms with Crippen molar-refractivity contribution >= 4 is 9.84 Å². The van der Waals surface area contributed by atoms with Crippen molar-refractivity contribution in [1.29, 1.82) is 0 Å². The van der Waals surface area contributed by atoms with Crippen molar-refractivity contribution in [1.82, 2.24) is 4.90 Å². The second kappa shape index (κ2) is 9.87. The van der Waals surface area contributed by atoms with Gasteiger partial charge in [-0.05, 0) is 69.4 Å². The summed E-state index contributed by atoms with van der Waals surface area (Å²) in [6, 6.07) is 5.01. The van der Waals surface area contributed by atoms with Crippen LogP contribution in [-0.4, -0.2) is 58.0 Å². The number of piperidine rings is 1. The molecule has 1 fully saturated rings. The van der Waals surface area contributed by atoms with E-state index in [9.17, 15) is 8.42 Å². The van der Waals surface area contributed by atoms with Crippen LogP contribution >= 0.6 is 0 Å². The molecule has 2 aliphatic heterocycles. The molecule has 0 saturated carbocycles. The number of fused-ring (bicyclic) bond motifs is 1. The van der Waals surface area contributed by atoms with E-state index in [1.807, 2.05) is 18.2 Å². The number of allylic oxidation sites excluding steroid dienone is 2. The van der Waals surface area contributed by atoms with Crippen LogP contribution in [0.1, 0.15) is 39.5 Å². The van der Waals surface area contributed by atoms with Gasteiger partial charge in [-0.3, -0.25) is 0 Å². The molecule has 1 unspecified atom stereocenters. The highest BCUT2D eigenvalue weighted by Gasteiger charge is 2.43. The largest absolute Gasteiger partial charge is 0.494 e. The van der Waals surface area contributed by atoms with Crippen molar-refractivity contribution in [3.8, 4) is 11.5 Å². The maximum absolute atomic E-state index is 13.1. The fourth-order valence-corrected chi connectivity index (χ4v) is 6.66. The van der Waals surface area contributed by atoms with Gasteiger partial charge in [0, 0.05) is 19.0 Å². The Hall–Kier alpha value is -1.99. The molecular weight excluding hydrogens is 426 g/mol. The summed E-state index contributed by atoms with van der Waals surface area (Å²) in [5.41, 5.74) is 0. The molecular formula is C25H35NO5S. The summed E-state index contributed by atoms with van der Waals surface area (Å²) in [7, 11) is -1.97. The number of methoxy groups -OCH3 is 1. The van der Waals surface area contributed by atoms with Gasteiger partial charge in [-0.1, -0.05) is 19.1 Å². The second-order valence-corrected chi connectivity index (χ2v) is 11.5. The minimum atomic E-state index is -3.49. The summed E-state index contributed by atoms with van der Waals surface area (Å²) in [5, 5.41) is -0.639. The number of sulfone groups is 1. The van der Waals surface area contributed by atoms with E-state index in [0.29, 0.717) is 24.5 Å². The normalized spacial score (nSPS) is 29.5. The van der Waals surface area contributed by atoms with Crippen LogP contribution in [0.25, 0.3) is 0 Å². The third-order valence-electron chi connectivity index (χ3n) is 6.82. The van der Waals surface area contributed by atoms with Crippen LogP contribution in [0.3, 0.4) is 0 Å². The lowest BCUT2D eigenvalue weighted by molar-refractivity contribution is 0.133. The van der Waals surface area contributed by atoms with Crippen LogP contribution in [0, 0.1) is 11.8 Å². The first kappa shape index (κ1) is 23.2. The number of benzene rings is 1. The molecule has 0 N–H and O–H groups in total. The Morgan fingerprint density at radius 1 is 1.25 bits per heavy atom. The summed E-state index contributed by atoms with van der Waals surface area (Å²) in [6.07, 6.45) is 9.90. The predicted molar refractivity (Wildman–Crippen MR) is 125 cm³/mol. The lowest BCUT2D eigenvalue weighted by Gasteiger charge is -2.36. The molecule has 4 atom stereocenters. The Labute approximate surface area is 192 Å². The Morgan fingerprint density at radius 2 is 2.09 bits per heavy atom. The van der Waals surface area contributed by atoms with E-state index in [2.05, 4.69) is 11.8 Å². The number of likely N-dealkylation sites (tertiary alicyclic amines) is 1. The summed E-state index contributed by atoms with van der Waals surface area (Å²) < 4.78 is 43.8. The van der Waals surface area contributed by atoms with Gasteiger partial charge < -0.3 is 19.1 Å². The van der Waals surface area contributed by atoms with Gasteiger partial charge in [-0.15, -0.1) is 0 Å². The Morgan fingerprint density at radius 3 is 2.81 bits per heavy atom. The SMILES string of the molecule is COc1cccc2c1O[C@@H](C1C=CC(OCCCN3CCC[C@H](C)C3)=CC1)[C@H](C)S2(=O)=O. The standard InChI is InChI=1S/C25H35NO5S/c1-18-7-5-14-26(17-18)15-6-16-30-21-12-10-20(11-13-21)24-19(2)32(27,28)23-9-4-8-22(29-3)25(23)31-24/h4,8-10,12-13,18-20,24H,5-7,11,14-17H2,1-3H3/t18-,19-,20?,24+/m0/s1. The van der Waals surface area contributed by atoms with E-state index < -0.39 is 21.2 Å². The summed E-state index contributed by atoms with van der Waals surface area (Å²) in [5.74, 6) is 2.39. The summed E-state index contributed by atoms with van der Waals surface area (Å²) in [4.78, 5) is 2.75. The molecule has 1 aromatic rings. The third kappa shape index (κ3) is 4.84. The van der Waals surface area contributed by atoms with Crippen LogP contribution in [0.15, 0.2) is 47.1 Å². The maximum Gasteiger partial charge on any atom is 0.188 e. The van der Waals surface area contributed by atoms with Crippen molar-refractivity contribution in [2.45, 2.75) is 55.8 Å². The highest BCUT2D eigenvalue weighted by Crippen LogP contribution is 2.43. The van der Waals surface area contributed by atoms with Gasteiger partial charge in [0.2, 0.25) is 0 Å². The van der Waals surface area contributed by atoms with Crippen LogP contribution < -0.4 is 9.47 Å². The van der Waals surface area contributed by atoms with Gasteiger partial charge in [0.25, 0.3) is 0 Å². The molecule has 0 amide bonds. The first-order valence-electron chi connectivity index (χ1n) is 11.7. The molecule has 32 heavy (non-hydrogen) atoms. The lowest BCUT2D eigenvalue weighted by Crippen LogP contribution is -2.44. The molecule has 0 bridgehead atoms. The van der Waals surface area contributed by atoms with E-state index in [-0.39, 0.29) is 10.8 Å². The van der Waals surface area contributed by atoms with Crippen molar-refractivity contribution in [2.75, 3.05) is 33.4 Å². The van der Waals surface area contributed by atoms with Gasteiger partial charge in [0.05, 0.1) is 13.7 Å². The fourth-order valence-electron chi connectivity index (χ4n) is 4.98. The zero-order valence-electron chi connectivity index (χ0n) is 19.3. The smallest absolute Gasteiger partial charge is 0.188 e. The first-order chi connectivity index (χ1) is 15.4. The minimum Gasteiger partial charge on any atom is -0.494 e. The van der Waals surface area contributed by atoms with Gasteiger partial charge in [0.15, 0.2) is 21.3 Å². The van der Waals surface area contributed by atoms with E-state index in [0.717, 1.165) is 24.6 Å². The average Bonchev–Trinajstić information content (AvgIpc) is 2.79. The molecule has 0 spiro atoms. The summed E-state index contributed by atoms with van der Waals surface area (Å²) >= 11 is 0. The molecule has 0 radical (unpaired) electrons. The zero-order chi connectivity index (χ0) is 22.7. The van der Waals surface area contributed by atoms with E-state index in [1.54, 1.807) is 25.1 Å². The Bertz CT molecular complexity index is 971. The molecule has 176 valence electrons. The quantitative estimate of drug-likeness (QED) is 0.567. The Kier molecular flexibility index (Phi) is 7.15. The molecule has 6 nitrogen and oxygen atoms in total. The molecule has 7 heteroatoms. The third-order valence-corrected chi connectivity index (χ3v) is 9.01. The molecule has 1 aliphatic carbocycles. The number of hydrogen-bond donors (Lipinski definition) is 0. The summed E-state index contributed by atoms with van der Waals surface area (Å²) in [6.45, 7) is 8.23. The second-order valence-electron chi connectivity index (χ2n) is 9.24. The first-order valence-corrected chi connectivity index (χ1v) is 13.3. The minimum absolute atomic E-state index is 0.0416. The lowest BCUT2D eigenvalue weighted by atomic mass is 9.92. The highest BCUT2D eigenvalue weighted by atomic mass is 32.2. The molecule has 4 rings (SSSR count). The average molecular weight is 462 g/mol. The number of nitrogens with zero attached hydrogens (tertiary/aromatic N) is 1. The number of rotatable bonds is 7. The number of hydrogen-bond acceptors (Lipinski definition) is 6. The molecule has 1 saturated heterocycles. The van der Waals surface area contributed by atoms with Crippen LogP contribution in [-0.2, 0) is 14.6 Å². The van der Waals surface area contributed by atoms with E-state index in [1.165, 1.54) is 33.0 Å². The molecule has 1 aromatic carbocycles. The highest BCUT2D eigenvalue weighted by molar-refractivity contribution is 7.92. The van der Waals surface area contributed by atoms with Gasteiger partial charge >= 0.3 is 0 Å². The van der Waals surface area contributed by atoms with Crippen LogP contribution in [0.2, 0.25) is 0 Å².